The van der Waals surface area contributed by atoms with E-state index in [0.717, 1.165) is 36.8 Å². The molecule has 2 aromatic rings. The molecule has 0 radical (unpaired) electrons. The summed E-state index contributed by atoms with van der Waals surface area (Å²) < 4.78 is 5.62. The van der Waals surface area contributed by atoms with Crippen molar-refractivity contribution in [3.8, 4) is 5.75 Å². The van der Waals surface area contributed by atoms with E-state index in [1.54, 1.807) is 12.1 Å². The van der Waals surface area contributed by atoms with Crippen LogP contribution in [0, 0.1) is 19.8 Å². The fourth-order valence-electron chi connectivity index (χ4n) is 3.59. The lowest BCUT2D eigenvalue weighted by Crippen LogP contribution is -2.25. The van der Waals surface area contributed by atoms with Crippen molar-refractivity contribution in [3.05, 3.63) is 53.6 Å². The van der Waals surface area contributed by atoms with Crippen molar-refractivity contribution < 1.29 is 14.3 Å². The van der Waals surface area contributed by atoms with E-state index in [1.807, 2.05) is 44.2 Å². The molecule has 0 atom stereocenters. The molecule has 2 aromatic carbocycles. The predicted molar refractivity (Wildman–Crippen MR) is 112 cm³/mol. The molecular formula is C23H28N2O3. The minimum absolute atomic E-state index is 0.0669. The van der Waals surface area contributed by atoms with E-state index in [2.05, 4.69) is 10.6 Å². The van der Waals surface area contributed by atoms with Crippen molar-refractivity contribution >= 4 is 23.2 Å². The molecule has 2 N–H and O–H groups in total. The molecule has 5 nitrogen and oxygen atoms in total. The Labute approximate surface area is 166 Å². The summed E-state index contributed by atoms with van der Waals surface area (Å²) in [5.74, 6) is 0.629. The van der Waals surface area contributed by atoms with Crippen molar-refractivity contribution in [1.82, 2.24) is 0 Å². The molecule has 3 rings (SSSR count). The van der Waals surface area contributed by atoms with Crippen LogP contribution in [0.15, 0.2) is 42.5 Å². The van der Waals surface area contributed by atoms with Gasteiger partial charge in [0.05, 0.1) is 0 Å². The summed E-state index contributed by atoms with van der Waals surface area (Å²) in [6, 6.07) is 13.1. The van der Waals surface area contributed by atoms with E-state index in [4.69, 9.17) is 4.74 Å². The lowest BCUT2D eigenvalue weighted by atomic mass is 9.88. The smallest absolute Gasteiger partial charge is 0.262 e. The molecule has 1 fully saturated rings. The topological polar surface area (TPSA) is 67.4 Å². The van der Waals surface area contributed by atoms with Gasteiger partial charge >= 0.3 is 0 Å². The highest BCUT2D eigenvalue weighted by Crippen LogP contribution is 2.25. The van der Waals surface area contributed by atoms with E-state index in [9.17, 15) is 9.59 Å². The molecule has 0 aliphatic heterocycles. The quantitative estimate of drug-likeness (QED) is 0.753. The third-order valence-corrected chi connectivity index (χ3v) is 5.08. The summed E-state index contributed by atoms with van der Waals surface area (Å²) in [4.78, 5) is 24.6. The molecule has 5 heteroatoms. The number of hydrogen-bond donors (Lipinski definition) is 2. The summed E-state index contributed by atoms with van der Waals surface area (Å²) in [6.45, 7) is 3.91. The molecule has 0 bridgehead atoms. The van der Waals surface area contributed by atoms with Gasteiger partial charge in [0, 0.05) is 17.3 Å². The molecule has 1 aliphatic carbocycles. The maximum absolute atomic E-state index is 12.4. The van der Waals surface area contributed by atoms with E-state index >= 15 is 0 Å². The number of carbonyl (C=O) groups excluding carboxylic acids is 2. The first-order valence-corrected chi connectivity index (χ1v) is 9.92. The molecule has 1 aliphatic rings. The fourth-order valence-corrected chi connectivity index (χ4v) is 3.59. The molecular weight excluding hydrogens is 352 g/mol. The Morgan fingerprint density at radius 2 is 1.68 bits per heavy atom. The van der Waals surface area contributed by atoms with Crippen LogP contribution in [0.4, 0.5) is 11.4 Å². The fraction of sp³-hybridized carbons (Fsp3) is 0.391. The van der Waals surface area contributed by atoms with Crippen LogP contribution in [0.3, 0.4) is 0 Å². The zero-order valence-electron chi connectivity index (χ0n) is 16.6. The third-order valence-electron chi connectivity index (χ3n) is 5.08. The van der Waals surface area contributed by atoms with Crippen molar-refractivity contribution in [2.75, 3.05) is 17.2 Å². The number of hydrogen-bond acceptors (Lipinski definition) is 3. The minimum Gasteiger partial charge on any atom is -0.483 e. The van der Waals surface area contributed by atoms with Gasteiger partial charge in [-0.1, -0.05) is 43.0 Å². The lowest BCUT2D eigenvalue weighted by Gasteiger charge is -2.20. The van der Waals surface area contributed by atoms with Crippen LogP contribution < -0.4 is 15.4 Å². The molecule has 0 heterocycles. The maximum Gasteiger partial charge on any atom is 0.262 e. The van der Waals surface area contributed by atoms with E-state index in [1.165, 1.54) is 6.42 Å². The number of ether oxygens (including phenoxy) is 1. The Balaban J connectivity index is 1.53. The Bertz CT molecular complexity index is 841. The Kier molecular flexibility index (Phi) is 6.69. The first kappa shape index (κ1) is 19.9. The summed E-state index contributed by atoms with van der Waals surface area (Å²) in [5.41, 5.74) is 3.49. The molecule has 28 heavy (non-hydrogen) atoms. The van der Waals surface area contributed by atoms with Crippen molar-refractivity contribution in [2.24, 2.45) is 5.92 Å². The van der Waals surface area contributed by atoms with Crippen LogP contribution in [-0.4, -0.2) is 18.4 Å². The van der Waals surface area contributed by atoms with Gasteiger partial charge in [0.2, 0.25) is 5.91 Å². The average molecular weight is 380 g/mol. The number of anilines is 2. The molecule has 1 saturated carbocycles. The summed E-state index contributed by atoms with van der Waals surface area (Å²) in [5, 5.41) is 5.80. The number of rotatable bonds is 6. The molecule has 148 valence electrons. The second-order valence-electron chi connectivity index (χ2n) is 7.51. The predicted octanol–water partition coefficient (Wildman–Crippen LogP) is 4.84. The second kappa shape index (κ2) is 9.40. The van der Waals surface area contributed by atoms with Crippen LogP contribution in [0.25, 0.3) is 0 Å². The highest BCUT2D eigenvalue weighted by atomic mass is 16.5. The van der Waals surface area contributed by atoms with Gasteiger partial charge in [-0.05, 0) is 56.5 Å². The number of nitrogens with one attached hydrogen (secondary N) is 2. The van der Waals surface area contributed by atoms with Crippen LogP contribution in [-0.2, 0) is 9.59 Å². The van der Waals surface area contributed by atoms with Gasteiger partial charge in [0.15, 0.2) is 6.61 Å². The summed E-state index contributed by atoms with van der Waals surface area (Å²) in [6.07, 6.45) is 5.37. The van der Waals surface area contributed by atoms with Crippen molar-refractivity contribution in [2.45, 2.75) is 46.0 Å². The lowest BCUT2D eigenvalue weighted by molar-refractivity contribution is -0.120. The van der Waals surface area contributed by atoms with E-state index in [0.29, 0.717) is 17.1 Å². The monoisotopic (exact) mass is 380 g/mol. The Morgan fingerprint density at radius 1 is 0.964 bits per heavy atom. The number of aryl methyl sites for hydroxylation is 2. The van der Waals surface area contributed by atoms with Gasteiger partial charge in [-0.2, -0.15) is 0 Å². The molecule has 2 amide bonds. The largest absolute Gasteiger partial charge is 0.483 e. The van der Waals surface area contributed by atoms with Gasteiger partial charge in [-0.3, -0.25) is 9.59 Å². The van der Waals surface area contributed by atoms with Gasteiger partial charge in [0.25, 0.3) is 5.91 Å². The summed E-state index contributed by atoms with van der Waals surface area (Å²) >= 11 is 0. The van der Waals surface area contributed by atoms with Gasteiger partial charge in [0.1, 0.15) is 5.75 Å². The van der Waals surface area contributed by atoms with Gasteiger partial charge in [-0.25, -0.2) is 0 Å². The van der Waals surface area contributed by atoms with E-state index in [-0.39, 0.29) is 24.3 Å². The number of amides is 2. The van der Waals surface area contributed by atoms with Gasteiger partial charge in [-0.15, -0.1) is 0 Å². The first-order valence-electron chi connectivity index (χ1n) is 9.92. The second-order valence-corrected chi connectivity index (χ2v) is 7.51. The highest BCUT2D eigenvalue weighted by Gasteiger charge is 2.21. The van der Waals surface area contributed by atoms with Crippen LogP contribution in [0.5, 0.6) is 5.75 Å². The van der Waals surface area contributed by atoms with Crippen LogP contribution in [0.1, 0.15) is 43.2 Å². The zero-order chi connectivity index (χ0) is 19.9. The van der Waals surface area contributed by atoms with Crippen molar-refractivity contribution in [1.29, 1.82) is 0 Å². The Hall–Kier alpha value is -2.82. The SMILES string of the molecule is Cc1ccc(OCC(=O)Nc2cccc(NC(=O)C3CCCCC3)c2)c(C)c1. The summed E-state index contributed by atoms with van der Waals surface area (Å²) in [7, 11) is 0. The zero-order valence-corrected chi connectivity index (χ0v) is 16.6. The molecule has 0 aromatic heterocycles. The maximum atomic E-state index is 12.4. The average Bonchev–Trinajstić information content (AvgIpc) is 2.68. The van der Waals surface area contributed by atoms with Gasteiger partial charge < -0.3 is 15.4 Å². The minimum atomic E-state index is -0.240. The van der Waals surface area contributed by atoms with E-state index < -0.39 is 0 Å². The van der Waals surface area contributed by atoms with Crippen LogP contribution >= 0.6 is 0 Å². The number of benzene rings is 2. The normalized spacial score (nSPS) is 14.4. The Morgan fingerprint density at radius 3 is 2.39 bits per heavy atom. The molecule has 0 unspecified atom stereocenters. The molecule has 0 spiro atoms. The highest BCUT2D eigenvalue weighted by molar-refractivity contribution is 5.95. The molecule has 0 saturated heterocycles. The number of carbonyl (C=O) groups is 2. The van der Waals surface area contributed by atoms with Crippen LogP contribution in [0.2, 0.25) is 0 Å². The standard InChI is InChI=1S/C23H28N2O3/c1-16-11-12-21(17(2)13-16)28-15-22(26)24-19-9-6-10-20(14-19)25-23(27)18-7-4-3-5-8-18/h6,9-14,18H,3-5,7-8,15H2,1-2H3,(H,24,26)(H,25,27). The third kappa shape index (κ3) is 5.59. The first-order chi connectivity index (χ1) is 13.5. The van der Waals surface area contributed by atoms with Crippen molar-refractivity contribution in [3.63, 3.8) is 0 Å².